The predicted molar refractivity (Wildman–Crippen MR) is 110 cm³/mol. The van der Waals surface area contributed by atoms with E-state index in [0.717, 1.165) is 5.56 Å². The van der Waals surface area contributed by atoms with Gasteiger partial charge in [0.2, 0.25) is 5.91 Å². The van der Waals surface area contributed by atoms with Crippen LogP contribution < -0.4 is 0 Å². The van der Waals surface area contributed by atoms with Gasteiger partial charge in [0.1, 0.15) is 0 Å². The molecule has 0 radical (unpaired) electrons. The molecule has 1 saturated heterocycles. The molecule has 0 atom stereocenters. The SMILES string of the molecule is CCOC(=O)N1CCN(C(=O)CSc2nc(CO)cn2Cc2ccccc2)CC1. The Bertz CT molecular complexity index is 819. The fourth-order valence-corrected chi connectivity index (χ4v) is 4.01. The van der Waals surface area contributed by atoms with E-state index >= 15 is 0 Å². The Morgan fingerprint density at radius 1 is 1.14 bits per heavy atom. The second kappa shape index (κ2) is 10.3. The topological polar surface area (TPSA) is 87.9 Å². The summed E-state index contributed by atoms with van der Waals surface area (Å²) >= 11 is 1.36. The molecule has 3 rings (SSSR count). The molecule has 9 heteroatoms. The third-order valence-corrected chi connectivity index (χ3v) is 5.61. The molecule has 1 aliphatic rings. The molecule has 1 aromatic heterocycles. The first-order valence-electron chi connectivity index (χ1n) is 9.63. The number of hydrogen-bond acceptors (Lipinski definition) is 6. The highest BCUT2D eigenvalue weighted by Crippen LogP contribution is 2.20. The number of benzene rings is 1. The fourth-order valence-electron chi connectivity index (χ4n) is 3.11. The van der Waals surface area contributed by atoms with Gasteiger partial charge in [-0.25, -0.2) is 9.78 Å². The number of amides is 2. The van der Waals surface area contributed by atoms with E-state index in [-0.39, 0.29) is 24.4 Å². The normalized spacial score (nSPS) is 14.1. The van der Waals surface area contributed by atoms with Gasteiger partial charge in [-0.2, -0.15) is 0 Å². The standard InChI is InChI=1S/C20H26N4O4S/c1-2-28-20(27)23-10-8-22(9-11-23)18(26)15-29-19-21-17(14-25)13-24(19)12-16-6-4-3-5-7-16/h3-7,13,25H,2,8-12,14-15H2,1H3. The third kappa shape index (κ3) is 5.74. The molecule has 8 nitrogen and oxygen atoms in total. The first-order chi connectivity index (χ1) is 14.1. The molecule has 0 aliphatic carbocycles. The molecule has 1 aliphatic heterocycles. The van der Waals surface area contributed by atoms with E-state index in [2.05, 4.69) is 4.98 Å². The molecule has 2 heterocycles. The van der Waals surface area contributed by atoms with Crippen molar-refractivity contribution in [3.63, 3.8) is 0 Å². The summed E-state index contributed by atoms with van der Waals surface area (Å²) in [6.45, 7) is 4.57. The van der Waals surface area contributed by atoms with Crippen molar-refractivity contribution >= 4 is 23.8 Å². The predicted octanol–water partition coefficient (Wildman–Crippen LogP) is 1.82. The van der Waals surface area contributed by atoms with Gasteiger partial charge in [-0.3, -0.25) is 4.79 Å². The largest absolute Gasteiger partial charge is 0.450 e. The van der Waals surface area contributed by atoms with E-state index in [9.17, 15) is 14.7 Å². The van der Waals surface area contributed by atoms with Crippen LogP contribution in [0.1, 0.15) is 18.2 Å². The number of carbonyl (C=O) groups is 2. The van der Waals surface area contributed by atoms with Crippen molar-refractivity contribution in [1.29, 1.82) is 0 Å². The quantitative estimate of drug-likeness (QED) is 0.690. The molecule has 2 amide bonds. The monoisotopic (exact) mass is 418 g/mol. The number of aliphatic hydroxyl groups is 1. The zero-order chi connectivity index (χ0) is 20.6. The van der Waals surface area contributed by atoms with Gasteiger partial charge in [0.25, 0.3) is 0 Å². The Morgan fingerprint density at radius 2 is 1.83 bits per heavy atom. The van der Waals surface area contributed by atoms with Gasteiger partial charge in [0, 0.05) is 38.9 Å². The van der Waals surface area contributed by atoms with Crippen LogP contribution >= 0.6 is 11.8 Å². The lowest BCUT2D eigenvalue weighted by atomic mass is 10.2. The van der Waals surface area contributed by atoms with Crippen molar-refractivity contribution < 1.29 is 19.4 Å². The highest BCUT2D eigenvalue weighted by molar-refractivity contribution is 7.99. The van der Waals surface area contributed by atoms with Gasteiger partial charge < -0.3 is 24.2 Å². The van der Waals surface area contributed by atoms with Crippen LogP contribution in [-0.2, 0) is 22.7 Å². The van der Waals surface area contributed by atoms with Crippen LogP contribution in [0.15, 0.2) is 41.7 Å². The smallest absolute Gasteiger partial charge is 0.409 e. The molecule has 0 unspecified atom stereocenters. The third-order valence-electron chi connectivity index (χ3n) is 4.63. The molecule has 1 fully saturated rings. The maximum absolute atomic E-state index is 12.6. The molecule has 2 aromatic rings. The van der Waals surface area contributed by atoms with Gasteiger partial charge in [-0.15, -0.1) is 0 Å². The lowest BCUT2D eigenvalue weighted by Gasteiger charge is -2.34. The van der Waals surface area contributed by atoms with Crippen LogP contribution in [0.5, 0.6) is 0 Å². The summed E-state index contributed by atoms with van der Waals surface area (Å²) in [7, 11) is 0. The second-order valence-electron chi connectivity index (χ2n) is 6.64. The summed E-state index contributed by atoms with van der Waals surface area (Å²) in [5.41, 5.74) is 1.71. The minimum Gasteiger partial charge on any atom is -0.450 e. The van der Waals surface area contributed by atoms with E-state index in [1.165, 1.54) is 11.8 Å². The first kappa shape index (κ1) is 21.2. The summed E-state index contributed by atoms with van der Waals surface area (Å²) in [5.74, 6) is 0.272. The minimum atomic E-state index is -0.326. The van der Waals surface area contributed by atoms with Crippen LogP contribution in [0.3, 0.4) is 0 Å². The average molecular weight is 419 g/mol. The molecular weight excluding hydrogens is 392 g/mol. The van der Waals surface area contributed by atoms with E-state index in [0.29, 0.717) is 50.2 Å². The van der Waals surface area contributed by atoms with Crippen molar-refractivity contribution in [3.05, 3.63) is 47.8 Å². The van der Waals surface area contributed by atoms with Crippen LogP contribution in [0.2, 0.25) is 0 Å². The molecule has 1 N–H and O–H groups in total. The van der Waals surface area contributed by atoms with E-state index < -0.39 is 0 Å². The van der Waals surface area contributed by atoms with Crippen LogP contribution in [0.4, 0.5) is 4.79 Å². The van der Waals surface area contributed by atoms with Crippen molar-refractivity contribution in [3.8, 4) is 0 Å². The zero-order valence-corrected chi connectivity index (χ0v) is 17.3. The molecule has 0 bridgehead atoms. The Balaban J connectivity index is 1.55. The molecule has 29 heavy (non-hydrogen) atoms. The maximum Gasteiger partial charge on any atom is 0.409 e. The summed E-state index contributed by atoms with van der Waals surface area (Å²) < 4.78 is 6.96. The molecule has 1 aromatic carbocycles. The highest BCUT2D eigenvalue weighted by atomic mass is 32.2. The minimum absolute atomic E-state index is 0.0123. The average Bonchev–Trinajstić information content (AvgIpc) is 3.14. The number of imidazole rings is 1. The molecular formula is C20H26N4O4S. The van der Waals surface area contributed by atoms with Crippen molar-refractivity contribution in [1.82, 2.24) is 19.4 Å². The van der Waals surface area contributed by atoms with Crippen molar-refractivity contribution in [2.45, 2.75) is 25.2 Å². The Morgan fingerprint density at radius 3 is 2.48 bits per heavy atom. The Hall–Kier alpha value is -2.52. The number of aliphatic hydroxyl groups excluding tert-OH is 1. The maximum atomic E-state index is 12.6. The van der Waals surface area contributed by atoms with Crippen LogP contribution in [0, 0.1) is 0 Å². The summed E-state index contributed by atoms with van der Waals surface area (Å²) in [6, 6.07) is 9.98. The summed E-state index contributed by atoms with van der Waals surface area (Å²) in [4.78, 5) is 32.2. The zero-order valence-electron chi connectivity index (χ0n) is 16.5. The van der Waals surface area contributed by atoms with Gasteiger partial charge >= 0.3 is 6.09 Å². The number of ether oxygens (including phenoxy) is 1. The number of rotatable bonds is 7. The lowest BCUT2D eigenvalue weighted by molar-refractivity contribution is -0.129. The van der Waals surface area contributed by atoms with Gasteiger partial charge in [-0.1, -0.05) is 42.1 Å². The second-order valence-corrected chi connectivity index (χ2v) is 7.58. The number of hydrogen-bond donors (Lipinski definition) is 1. The molecule has 156 valence electrons. The van der Waals surface area contributed by atoms with Crippen molar-refractivity contribution in [2.75, 3.05) is 38.5 Å². The van der Waals surface area contributed by atoms with E-state index in [1.54, 1.807) is 16.7 Å². The summed E-state index contributed by atoms with van der Waals surface area (Å²) in [5, 5.41) is 10.1. The number of carbonyl (C=O) groups excluding carboxylic acids is 2. The van der Waals surface area contributed by atoms with Crippen LogP contribution in [0.25, 0.3) is 0 Å². The lowest BCUT2D eigenvalue weighted by Crippen LogP contribution is -2.51. The number of aromatic nitrogens is 2. The van der Waals surface area contributed by atoms with E-state index in [1.807, 2.05) is 41.1 Å². The Kier molecular flexibility index (Phi) is 7.54. The Labute approximate surface area is 174 Å². The first-order valence-corrected chi connectivity index (χ1v) is 10.6. The number of piperazine rings is 1. The van der Waals surface area contributed by atoms with Gasteiger partial charge in [-0.05, 0) is 12.5 Å². The molecule has 0 spiro atoms. The van der Waals surface area contributed by atoms with Crippen molar-refractivity contribution in [2.24, 2.45) is 0 Å². The van der Waals surface area contributed by atoms with Gasteiger partial charge in [0.15, 0.2) is 5.16 Å². The van der Waals surface area contributed by atoms with E-state index in [4.69, 9.17) is 4.74 Å². The number of nitrogens with zero attached hydrogens (tertiary/aromatic N) is 4. The van der Waals surface area contributed by atoms with Crippen LogP contribution in [-0.4, -0.2) is 75.0 Å². The molecule has 0 saturated carbocycles. The number of thioether (sulfide) groups is 1. The van der Waals surface area contributed by atoms with Gasteiger partial charge in [0.05, 0.1) is 24.7 Å². The highest BCUT2D eigenvalue weighted by Gasteiger charge is 2.25. The fraction of sp³-hybridized carbons (Fsp3) is 0.450. The summed E-state index contributed by atoms with van der Waals surface area (Å²) in [6.07, 6.45) is 1.49.